The summed E-state index contributed by atoms with van der Waals surface area (Å²) >= 11 is 0. The van der Waals surface area contributed by atoms with E-state index in [0.717, 1.165) is 63.1 Å². The molecule has 0 radical (unpaired) electrons. The molecule has 32 heavy (non-hydrogen) atoms. The van der Waals surface area contributed by atoms with Crippen molar-refractivity contribution >= 4 is 11.7 Å². The molecule has 172 valence electrons. The number of rotatable bonds is 3. The summed E-state index contributed by atoms with van der Waals surface area (Å²) in [6.07, 6.45) is 6.93. The average molecular weight is 441 g/mol. The summed E-state index contributed by atoms with van der Waals surface area (Å²) in [6, 6.07) is 2.78. The Balaban J connectivity index is 1.56. The third-order valence-corrected chi connectivity index (χ3v) is 9.80. The number of nitrogens with zero attached hydrogens (tertiary/aromatic N) is 2. The molecule has 1 saturated carbocycles. The summed E-state index contributed by atoms with van der Waals surface area (Å²) < 4.78 is 24.6. The summed E-state index contributed by atoms with van der Waals surface area (Å²) in [6.45, 7) is 4.86. The quantitative estimate of drug-likeness (QED) is 0.669. The normalized spacial score (nSPS) is 40.7. The van der Waals surface area contributed by atoms with Crippen LogP contribution in [-0.4, -0.2) is 62.6 Å². The van der Waals surface area contributed by atoms with Gasteiger partial charge in [-0.15, -0.1) is 0 Å². The van der Waals surface area contributed by atoms with E-state index in [4.69, 9.17) is 18.9 Å². The molecule has 6 aliphatic rings. The van der Waals surface area contributed by atoms with Crippen LogP contribution in [0.15, 0.2) is 6.07 Å². The molecule has 4 fully saturated rings. The highest BCUT2D eigenvalue weighted by molar-refractivity contribution is 5.83. The molecule has 7 heteroatoms. The molecule has 0 aromatic heterocycles. The van der Waals surface area contributed by atoms with Gasteiger partial charge < -0.3 is 23.8 Å². The van der Waals surface area contributed by atoms with E-state index in [2.05, 4.69) is 22.8 Å². The van der Waals surface area contributed by atoms with Gasteiger partial charge in [0.2, 0.25) is 5.75 Å². The Labute approximate surface area is 188 Å². The van der Waals surface area contributed by atoms with Crippen LogP contribution in [0.25, 0.3) is 0 Å². The van der Waals surface area contributed by atoms with Crippen LogP contribution in [-0.2, 0) is 14.9 Å². The molecule has 7 nitrogen and oxygen atoms in total. The Kier molecular flexibility index (Phi) is 3.65. The smallest absolute Gasteiger partial charge is 0.308 e. The lowest BCUT2D eigenvalue weighted by Crippen LogP contribution is -2.73. The topological polar surface area (TPSA) is 60.5 Å². The van der Waals surface area contributed by atoms with E-state index in [0.29, 0.717) is 36.6 Å². The first-order valence-electron chi connectivity index (χ1n) is 12.2. The molecule has 3 saturated heterocycles. The molecule has 1 aliphatic carbocycles. The Morgan fingerprint density at radius 2 is 2.06 bits per heavy atom. The van der Waals surface area contributed by atoms with E-state index in [9.17, 15) is 4.79 Å². The number of fused-ring (bicyclic) bond motifs is 1. The number of esters is 1. The third kappa shape index (κ3) is 1.79. The zero-order valence-corrected chi connectivity index (χ0v) is 19.2. The van der Waals surface area contributed by atoms with Gasteiger partial charge in [-0.2, -0.15) is 0 Å². The molecular weight excluding hydrogens is 408 g/mol. The van der Waals surface area contributed by atoms with Crippen molar-refractivity contribution in [2.24, 2.45) is 5.41 Å². The lowest BCUT2D eigenvalue weighted by Gasteiger charge is -2.62. The van der Waals surface area contributed by atoms with E-state index in [1.807, 2.05) is 0 Å². The maximum absolute atomic E-state index is 13.0. The van der Waals surface area contributed by atoms with Crippen molar-refractivity contribution in [3.05, 3.63) is 11.6 Å². The first kappa shape index (κ1) is 19.3. The summed E-state index contributed by atoms with van der Waals surface area (Å²) in [4.78, 5) is 18.2. The Morgan fingerprint density at radius 1 is 1.19 bits per heavy atom. The second-order valence-corrected chi connectivity index (χ2v) is 10.6. The molecule has 0 amide bonds. The zero-order valence-electron chi connectivity index (χ0n) is 19.2. The maximum Gasteiger partial charge on any atom is 0.308 e. The van der Waals surface area contributed by atoms with E-state index >= 15 is 0 Å². The third-order valence-electron chi connectivity index (χ3n) is 9.80. The molecule has 1 aromatic rings. The highest BCUT2D eigenvalue weighted by atomic mass is 16.6. The fraction of sp³-hybridized carbons (Fsp3) is 0.720. The van der Waals surface area contributed by atoms with Gasteiger partial charge in [-0.05, 0) is 50.2 Å². The fourth-order valence-corrected chi connectivity index (χ4v) is 8.88. The fourth-order valence-electron chi connectivity index (χ4n) is 8.88. The predicted octanol–water partition coefficient (Wildman–Crippen LogP) is 3.22. The Hall–Kier alpha value is -2.15. The van der Waals surface area contributed by atoms with Crippen molar-refractivity contribution in [1.82, 2.24) is 4.90 Å². The number of ether oxygens (including phenoxy) is 4. The molecule has 1 aromatic carbocycles. The largest absolute Gasteiger partial charge is 0.493 e. The van der Waals surface area contributed by atoms with Gasteiger partial charge in [0, 0.05) is 24.5 Å². The molecule has 0 bridgehead atoms. The van der Waals surface area contributed by atoms with Crippen molar-refractivity contribution in [3.63, 3.8) is 0 Å². The Morgan fingerprint density at radius 3 is 2.84 bits per heavy atom. The van der Waals surface area contributed by atoms with E-state index in [1.165, 1.54) is 5.56 Å². The first-order chi connectivity index (χ1) is 15.6. The molecule has 5 atom stereocenters. The number of carbonyl (C=O) groups is 1. The van der Waals surface area contributed by atoms with Crippen LogP contribution in [0.2, 0.25) is 0 Å². The average Bonchev–Trinajstić information content (AvgIpc) is 3.41. The van der Waals surface area contributed by atoms with E-state index in [-0.39, 0.29) is 16.8 Å². The highest BCUT2D eigenvalue weighted by Crippen LogP contribution is 2.75. The van der Waals surface area contributed by atoms with Crippen LogP contribution >= 0.6 is 0 Å². The zero-order chi connectivity index (χ0) is 21.9. The summed E-state index contributed by atoms with van der Waals surface area (Å²) in [5.41, 5.74) is 1.50. The summed E-state index contributed by atoms with van der Waals surface area (Å²) in [5, 5.41) is 0. The second-order valence-electron chi connectivity index (χ2n) is 10.6. The van der Waals surface area contributed by atoms with Crippen molar-refractivity contribution < 1.29 is 23.7 Å². The van der Waals surface area contributed by atoms with Crippen molar-refractivity contribution in [1.29, 1.82) is 0 Å². The molecule has 2 spiro atoms. The van der Waals surface area contributed by atoms with Crippen LogP contribution in [0, 0.1) is 5.41 Å². The molecule has 0 unspecified atom stereocenters. The van der Waals surface area contributed by atoms with Crippen molar-refractivity contribution in [3.8, 4) is 17.2 Å². The van der Waals surface area contributed by atoms with Gasteiger partial charge in [0.25, 0.3) is 0 Å². The van der Waals surface area contributed by atoms with Gasteiger partial charge in [0.15, 0.2) is 17.2 Å². The standard InChI is InChI=1S/C25H32N2O5/c1-4-15-14-31-22-20-16(12-17(29-2)21(22)30-3)24-9-11-26-10-5-7-23(8-6-18(24)27(15)20)13-19(28)32-25(23,24)26/h12,15,18H,4-11,13-14H2,1-3H3/t15-,18-,23-,24-,25+/m1/s1. The number of methoxy groups -OCH3 is 2. The monoisotopic (exact) mass is 440 g/mol. The lowest BCUT2D eigenvalue weighted by molar-refractivity contribution is -0.230. The van der Waals surface area contributed by atoms with Gasteiger partial charge in [-0.25, -0.2) is 0 Å². The maximum atomic E-state index is 13.0. The number of piperidine rings is 1. The molecular formula is C25H32N2O5. The van der Waals surface area contributed by atoms with Gasteiger partial charge in [-0.1, -0.05) is 6.92 Å². The minimum absolute atomic E-state index is 0.0160. The highest BCUT2D eigenvalue weighted by Gasteiger charge is 2.82. The van der Waals surface area contributed by atoms with Crippen LogP contribution in [0.5, 0.6) is 17.2 Å². The second kappa shape index (κ2) is 6.04. The van der Waals surface area contributed by atoms with Gasteiger partial charge in [-0.3, -0.25) is 9.69 Å². The molecule has 7 rings (SSSR count). The first-order valence-corrected chi connectivity index (χ1v) is 12.2. The van der Waals surface area contributed by atoms with Crippen LogP contribution in [0.4, 0.5) is 5.69 Å². The number of carbonyl (C=O) groups excluding carboxylic acids is 1. The minimum Gasteiger partial charge on any atom is -0.493 e. The SMILES string of the molecule is CC[C@@H]1COc2c(OC)c(OC)cc3c2N1[C@@H]1CC[C@@]24CCCN5CC[C@@]31[C@]52OC(=O)C4. The van der Waals surface area contributed by atoms with Crippen LogP contribution in [0.1, 0.15) is 57.4 Å². The van der Waals surface area contributed by atoms with E-state index in [1.54, 1.807) is 14.2 Å². The summed E-state index contributed by atoms with van der Waals surface area (Å²) in [5.74, 6) is 2.16. The van der Waals surface area contributed by atoms with Crippen molar-refractivity contribution in [2.75, 3.05) is 38.8 Å². The number of anilines is 1. The lowest BCUT2D eigenvalue weighted by atomic mass is 9.50. The Bertz CT molecular complexity index is 1030. The van der Waals surface area contributed by atoms with Crippen LogP contribution in [0.3, 0.4) is 0 Å². The number of hydrogen-bond acceptors (Lipinski definition) is 7. The molecule has 5 aliphatic heterocycles. The van der Waals surface area contributed by atoms with Gasteiger partial charge >= 0.3 is 5.97 Å². The molecule has 5 heterocycles. The number of benzene rings is 1. The van der Waals surface area contributed by atoms with E-state index < -0.39 is 5.72 Å². The predicted molar refractivity (Wildman–Crippen MR) is 118 cm³/mol. The molecule has 0 N–H and O–H groups in total. The summed E-state index contributed by atoms with van der Waals surface area (Å²) in [7, 11) is 3.37. The number of hydrogen-bond donors (Lipinski definition) is 0. The van der Waals surface area contributed by atoms with Gasteiger partial charge in [0.1, 0.15) is 6.61 Å². The van der Waals surface area contributed by atoms with Crippen molar-refractivity contribution in [2.45, 2.75) is 75.1 Å². The van der Waals surface area contributed by atoms with Gasteiger partial charge in [0.05, 0.1) is 37.8 Å². The van der Waals surface area contributed by atoms with Crippen LogP contribution < -0.4 is 19.1 Å². The minimum atomic E-state index is -0.554.